The van der Waals surface area contributed by atoms with Crippen molar-refractivity contribution in [3.8, 4) is 0 Å². The van der Waals surface area contributed by atoms with Gasteiger partial charge in [-0.25, -0.2) is 4.79 Å². The molecule has 1 aromatic carbocycles. The van der Waals surface area contributed by atoms with Gasteiger partial charge >= 0.3 is 5.97 Å². The molecular formula is C9H4ClNO5. The van der Waals surface area contributed by atoms with Gasteiger partial charge in [0, 0.05) is 0 Å². The van der Waals surface area contributed by atoms with Crippen molar-refractivity contribution in [3.05, 3.63) is 34.9 Å². The molecule has 0 atom stereocenters. The summed E-state index contributed by atoms with van der Waals surface area (Å²) >= 11 is 4.96. The highest BCUT2D eigenvalue weighted by Gasteiger charge is 2.37. The number of fused-ring (bicyclic) bond motifs is 1. The van der Waals surface area contributed by atoms with E-state index in [0.29, 0.717) is 5.06 Å². The lowest BCUT2D eigenvalue weighted by Crippen LogP contribution is -2.26. The van der Waals surface area contributed by atoms with Gasteiger partial charge in [-0.05, 0) is 18.2 Å². The maximum atomic E-state index is 11.5. The zero-order valence-electron chi connectivity index (χ0n) is 7.64. The van der Waals surface area contributed by atoms with Gasteiger partial charge in [-0.2, -0.15) is 0 Å². The average molecular weight is 242 g/mol. The molecule has 0 saturated heterocycles. The smallest absolute Gasteiger partial charge is 0.335 e. The Labute approximate surface area is 94.1 Å². The lowest BCUT2D eigenvalue weighted by Gasteiger charge is -2.04. The summed E-state index contributed by atoms with van der Waals surface area (Å²) in [4.78, 5) is 33.7. The van der Waals surface area contributed by atoms with Crippen LogP contribution >= 0.6 is 11.9 Å². The van der Waals surface area contributed by atoms with Crippen molar-refractivity contribution in [3.63, 3.8) is 0 Å². The second-order valence-corrected chi connectivity index (χ2v) is 3.18. The van der Waals surface area contributed by atoms with E-state index < -0.39 is 17.8 Å². The summed E-state index contributed by atoms with van der Waals surface area (Å²) in [5.41, 5.74) is -0.0578. The summed E-state index contributed by atoms with van der Waals surface area (Å²) in [7, 11) is 0. The minimum Gasteiger partial charge on any atom is -0.478 e. The molecule has 1 N–H and O–H groups in total. The van der Waals surface area contributed by atoms with Crippen LogP contribution in [0, 0.1) is 0 Å². The molecule has 1 heterocycles. The van der Waals surface area contributed by atoms with Gasteiger partial charge in [0.2, 0.25) is 0 Å². The minimum atomic E-state index is -1.19. The second-order valence-electron chi connectivity index (χ2n) is 3.04. The Morgan fingerprint density at radius 1 is 1.25 bits per heavy atom. The molecule has 2 amide bonds. The van der Waals surface area contributed by atoms with Crippen molar-refractivity contribution in [1.29, 1.82) is 0 Å². The van der Waals surface area contributed by atoms with Crippen LogP contribution in [0.2, 0.25) is 0 Å². The van der Waals surface area contributed by atoms with Gasteiger partial charge in [0.05, 0.1) is 28.6 Å². The number of aromatic carboxylic acids is 1. The molecule has 0 unspecified atom stereocenters. The Morgan fingerprint density at radius 3 is 2.44 bits per heavy atom. The van der Waals surface area contributed by atoms with E-state index in [1.54, 1.807) is 0 Å². The van der Waals surface area contributed by atoms with Crippen LogP contribution < -0.4 is 0 Å². The molecule has 0 aliphatic carbocycles. The first kappa shape index (κ1) is 10.6. The Morgan fingerprint density at radius 2 is 1.88 bits per heavy atom. The molecule has 0 fully saturated rings. The third-order valence-electron chi connectivity index (χ3n) is 2.17. The highest BCUT2D eigenvalue weighted by atomic mass is 35.5. The molecule has 1 aliphatic rings. The largest absolute Gasteiger partial charge is 0.478 e. The highest BCUT2D eigenvalue weighted by molar-refractivity contribution is 6.22. The lowest BCUT2D eigenvalue weighted by molar-refractivity contribution is -0.00877. The second kappa shape index (κ2) is 3.58. The number of imide groups is 1. The van der Waals surface area contributed by atoms with Gasteiger partial charge in [0.25, 0.3) is 11.8 Å². The number of carbonyl (C=O) groups excluding carboxylic acids is 2. The number of nitrogens with zero attached hydrogens (tertiary/aromatic N) is 1. The van der Waals surface area contributed by atoms with Crippen molar-refractivity contribution >= 4 is 29.6 Å². The number of hydrogen-bond acceptors (Lipinski definition) is 4. The van der Waals surface area contributed by atoms with Crippen LogP contribution in [0.1, 0.15) is 31.1 Å². The van der Waals surface area contributed by atoms with Crippen molar-refractivity contribution < 1.29 is 23.9 Å². The summed E-state index contributed by atoms with van der Waals surface area (Å²) in [5, 5.41) is 9.08. The van der Waals surface area contributed by atoms with E-state index >= 15 is 0 Å². The summed E-state index contributed by atoms with van der Waals surface area (Å²) < 4.78 is 4.08. The van der Waals surface area contributed by atoms with E-state index in [4.69, 9.17) is 17.0 Å². The Balaban J connectivity index is 2.56. The fourth-order valence-electron chi connectivity index (χ4n) is 1.41. The van der Waals surface area contributed by atoms with Crippen LogP contribution in [0.4, 0.5) is 0 Å². The fraction of sp³-hybridized carbons (Fsp3) is 0. The summed E-state index contributed by atoms with van der Waals surface area (Å²) in [6, 6.07) is 3.58. The van der Waals surface area contributed by atoms with Gasteiger partial charge < -0.3 is 5.11 Å². The first-order valence-electron chi connectivity index (χ1n) is 4.11. The molecule has 82 valence electrons. The van der Waals surface area contributed by atoms with Gasteiger partial charge in [0.1, 0.15) is 0 Å². The molecule has 0 bridgehead atoms. The highest BCUT2D eigenvalue weighted by Crippen LogP contribution is 2.24. The lowest BCUT2D eigenvalue weighted by atomic mass is 10.1. The molecule has 1 aromatic rings. The Bertz CT molecular complexity index is 513. The number of carboxylic acids is 1. The number of rotatable bonds is 2. The molecule has 6 nitrogen and oxygen atoms in total. The van der Waals surface area contributed by atoms with Gasteiger partial charge in [-0.1, -0.05) is 0 Å². The normalized spacial score (nSPS) is 14.2. The maximum Gasteiger partial charge on any atom is 0.335 e. The quantitative estimate of drug-likeness (QED) is 0.783. The fourth-order valence-corrected chi connectivity index (χ4v) is 1.54. The number of carboxylic acid groups (broad SMARTS) is 1. The minimum absolute atomic E-state index is 0.0365. The summed E-state index contributed by atoms with van der Waals surface area (Å²) in [6.07, 6.45) is 0. The Hall–Kier alpha value is -1.92. The van der Waals surface area contributed by atoms with Crippen LogP contribution in [0.25, 0.3) is 0 Å². The first-order chi connectivity index (χ1) is 7.56. The number of carbonyl (C=O) groups is 3. The van der Waals surface area contributed by atoms with Crippen LogP contribution in [0.3, 0.4) is 0 Å². The van der Waals surface area contributed by atoms with Crippen molar-refractivity contribution in [2.24, 2.45) is 0 Å². The third kappa shape index (κ3) is 1.36. The van der Waals surface area contributed by atoms with Gasteiger partial charge in [-0.15, -0.1) is 9.45 Å². The van der Waals surface area contributed by atoms with E-state index in [1.165, 1.54) is 12.1 Å². The summed E-state index contributed by atoms with van der Waals surface area (Å²) in [6.45, 7) is 0. The summed E-state index contributed by atoms with van der Waals surface area (Å²) in [5.74, 6) is -2.68. The predicted octanol–water partition coefficient (Wildman–Crippen LogP) is 1.07. The van der Waals surface area contributed by atoms with E-state index in [-0.39, 0.29) is 16.7 Å². The van der Waals surface area contributed by atoms with Crippen molar-refractivity contribution in [2.75, 3.05) is 0 Å². The van der Waals surface area contributed by atoms with Crippen LogP contribution in [0.5, 0.6) is 0 Å². The predicted molar refractivity (Wildman–Crippen MR) is 50.8 cm³/mol. The van der Waals surface area contributed by atoms with Crippen LogP contribution in [0.15, 0.2) is 18.2 Å². The van der Waals surface area contributed by atoms with E-state index in [2.05, 4.69) is 4.39 Å². The first-order valence-corrected chi connectivity index (χ1v) is 4.42. The molecule has 7 heteroatoms. The number of hydroxylamine groups is 2. The van der Waals surface area contributed by atoms with Gasteiger partial charge in [0.15, 0.2) is 0 Å². The molecule has 0 spiro atoms. The topological polar surface area (TPSA) is 83.9 Å². The van der Waals surface area contributed by atoms with Crippen LogP contribution in [-0.2, 0) is 4.39 Å². The van der Waals surface area contributed by atoms with Crippen LogP contribution in [-0.4, -0.2) is 28.0 Å². The third-order valence-corrected chi connectivity index (χ3v) is 2.30. The van der Waals surface area contributed by atoms with E-state index in [0.717, 1.165) is 6.07 Å². The van der Waals surface area contributed by atoms with E-state index in [9.17, 15) is 14.4 Å². The molecule has 0 aromatic heterocycles. The zero-order valence-corrected chi connectivity index (χ0v) is 8.39. The van der Waals surface area contributed by atoms with Gasteiger partial charge in [-0.3, -0.25) is 9.59 Å². The monoisotopic (exact) mass is 241 g/mol. The molecule has 0 saturated carbocycles. The molecular weight excluding hydrogens is 238 g/mol. The number of hydrogen-bond donors (Lipinski definition) is 1. The Kier molecular flexibility index (Phi) is 2.37. The van der Waals surface area contributed by atoms with Crippen molar-refractivity contribution in [1.82, 2.24) is 5.06 Å². The number of halogens is 1. The molecule has 1 aliphatic heterocycles. The SMILES string of the molecule is O=C(O)c1ccc2c(c1)C(=O)N(OCl)C2=O. The van der Waals surface area contributed by atoms with E-state index in [1.807, 2.05) is 0 Å². The average Bonchev–Trinajstić information content (AvgIpc) is 2.51. The zero-order chi connectivity index (χ0) is 11.9. The van der Waals surface area contributed by atoms with Crippen molar-refractivity contribution in [2.45, 2.75) is 0 Å². The molecule has 16 heavy (non-hydrogen) atoms. The maximum absolute atomic E-state index is 11.5. The molecule has 0 radical (unpaired) electrons. The molecule has 2 rings (SSSR count). The number of amides is 2. The number of benzene rings is 1. The standard InChI is InChI=1S/C9H4ClNO5/c10-16-11-7(12)5-2-1-4(9(14)15)3-6(5)8(11)13/h1-3H,(H,14,15).